The monoisotopic (exact) mass is 269 g/mol. The molecule has 1 fully saturated rings. The predicted molar refractivity (Wildman–Crippen MR) is 54.9 cm³/mol. The molecule has 1 saturated heterocycles. The van der Waals surface area contributed by atoms with Crippen LogP contribution in [0.4, 0.5) is 0 Å². The zero-order valence-electron chi connectivity index (χ0n) is 6.89. The minimum Gasteiger partial charge on any atom is -0.316 e. The summed E-state index contributed by atoms with van der Waals surface area (Å²) in [4.78, 5) is 2.55. The highest BCUT2D eigenvalue weighted by Gasteiger charge is 2.09. The molecule has 1 aliphatic rings. The number of likely N-dealkylation sites (tertiary alicyclic amines) is 1. The fraction of sp³-hybridized carbons (Fsp3) is 1.00. The van der Waals surface area contributed by atoms with Gasteiger partial charge in [0.15, 0.2) is 0 Å². The molecule has 66 valence electrons. The van der Waals surface area contributed by atoms with Crippen molar-refractivity contribution in [2.75, 3.05) is 26.2 Å². The number of hydrogen-bond donors (Lipinski definition) is 0. The molecule has 0 bridgehead atoms. The summed E-state index contributed by atoms with van der Waals surface area (Å²) < 4.78 is 4.96. The average molecular weight is 269 g/mol. The average Bonchev–Trinajstić information content (AvgIpc) is 2.50. The Balaban J connectivity index is 1.86. The maximum Gasteiger partial charge on any atom is 0.109 e. The second kappa shape index (κ2) is 6.20. The van der Waals surface area contributed by atoms with Crippen molar-refractivity contribution in [2.24, 2.45) is 0 Å². The van der Waals surface area contributed by atoms with E-state index in [0.29, 0.717) is 0 Å². The van der Waals surface area contributed by atoms with Crippen LogP contribution in [0.1, 0.15) is 25.7 Å². The fourth-order valence-electron chi connectivity index (χ4n) is 1.50. The first-order valence-electron chi connectivity index (χ1n) is 4.39. The molecule has 0 aliphatic carbocycles. The van der Waals surface area contributed by atoms with Crippen LogP contribution < -0.4 is 0 Å². The van der Waals surface area contributed by atoms with Crippen molar-refractivity contribution in [3.8, 4) is 0 Å². The van der Waals surface area contributed by atoms with Crippen LogP contribution in [0.2, 0.25) is 0 Å². The van der Waals surface area contributed by atoms with Crippen molar-refractivity contribution in [2.45, 2.75) is 25.7 Å². The topological polar surface area (TPSA) is 12.5 Å². The van der Waals surface area contributed by atoms with Crippen LogP contribution in [-0.2, 0) is 3.07 Å². The largest absolute Gasteiger partial charge is 0.316 e. The van der Waals surface area contributed by atoms with Crippen molar-refractivity contribution < 1.29 is 3.07 Å². The van der Waals surface area contributed by atoms with Gasteiger partial charge in [0, 0.05) is 0 Å². The highest BCUT2D eigenvalue weighted by Crippen LogP contribution is 2.08. The van der Waals surface area contributed by atoms with E-state index in [9.17, 15) is 0 Å². The van der Waals surface area contributed by atoms with E-state index >= 15 is 0 Å². The van der Waals surface area contributed by atoms with E-state index < -0.39 is 0 Å². The summed E-state index contributed by atoms with van der Waals surface area (Å²) in [6.07, 6.45) is 5.31. The van der Waals surface area contributed by atoms with Crippen molar-refractivity contribution in [3.63, 3.8) is 0 Å². The Morgan fingerprint density at radius 3 is 2.55 bits per heavy atom. The summed E-state index contributed by atoms with van der Waals surface area (Å²) in [6, 6.07) is 0. The lowest BCUT2D eigenvalue weighted by atomic mass is 10.3. The molecule has 1 heterocycles. The number of unbranched alkanes of at least 4 members (excludes halogenated alkanes) is 1. The summed E-state index contributed by atoms with van der Waals surface area (Å²) in [5.74, 6) is 0. The summed E-state index contributed by atoms with van der Waals surface area (Å²) >= 11 is 1.96. The van der Waals surface area contributed by atoms with E-state index in [1.807, 2.05) is 23.0 Å². The molecular formula is C8H16INO. The van der Waals surface area contributed by atoms with Crippen molar-refractivity contribution in [1.29, 1.82) is 0 Å². The molecule has 0 aromatic rings. The molecule has 1 aliphatic heterocycles. The standard InChI is InChI=1S/C8H16INO/c9-11-8-4-3-7-10-5-1-2-6-10/h1-8H2. The van der Waals surface area contributed by atoms with Gasteiger partial charge in [-0.3, -0.25) is 0 Å². The van der Waals surface area contributed by atoms with E-state index in [1.165, 1.54) is 45.3 Å². The van der Waals surface area contributed by atoms with E-state index in [4.69, 9.17) is 3.07 Å². The van der Waals surface area contributed by atoms with Gasteiger partial charge in [-0.05, 0) is 45.3 Å². The first-order valence-corrected chi connectivity index (χ1v) is 5.27. The first kappa shape index (κ1) is 9.74. The van der Waals surface area contributed by atoms with Gasteiger partial charge < -0.3 is 7.97 Å². The van der Waals surface area contributed by atoms with Crippen molar-refractivity contribution in [3.05, 3.63) is 0 Å². The van der Waals surface area contributed by atoms with E-state index in [2.05, 4.69) is 4.90 Å². The normalized spacial score (nSPS) is 19.4. The molecule has 0 amide bonds. The zero-order chi connectivity index (χ0) is 7.94. The van der Waals surface area contributed by atoms with E-state index in [0.717, 1.165) is 6.61 Å². The highest BCUT2D eigenvalue weighted by atomic mass is 127. The van der Waals surface area contributed by atoms with Gasteiger partial charge in [0.25, 0.3) is 0 Å². The molecule has 3 heteroatoms. The summed E-state index contributed by atoms with van der Waals surface area (Å²) in [7, 11) is 0. The van der Waals surface area contributed by atoms with Crippen molar-refractivity contribution in [1.82, 2.24) is 4.90 Å². The summed E-state index contributed by atoms with van der Waals surface area (Å²) in [5, 5.41) is 0. The quantitative estimate of drug-likeness (QED) is 0.560. The Bertz CT molecular complexity index is 94.1. The lowest BCUT2D eigenvalue weighted by Gasteiger charge is -2.13. The predicted octanol–water partition coefficient (Wildman–Crippen LogP) is 2.23. The minimum atomic E-state index is 0.911. The Morgan fingerprint density at radius 2 is 1.91 bits per heavy atom. The molecule has 0 saturated carbocycles. The van der Waals surface area contributed by atoms with E-state index in [1.54, 1.807) is 0 Å². The van der Waals surface area contributed by atoms with Gasteiger partial charge in [0.1, 0.15) is 23.0 Å². The Kier molecular flexibility index (Phi) is 5.49. The van der Waals surface area contributed by atoms with Crippen LogP contribution in [0.15, 0.2) is 0 Å². The Hall–Kier alpha value is 0.650. The third-order valence-corrected chi connectivity index (χ3v) is 2.58. The maximum absolute atomic E-state index is 4.96. The third kappa shape index (κ3) is 4.28. The van der Waals surface area contributed by atoms with Gasteiger partial charge in [0.2, 0.25) is 0 Å². The molecule has 11 heavy (non-hydrogen) atoms. The molecule has 0 aromatic carbocycles. The van der Waals surface area contributed by atoms with Gasteiger partial charge in [0.05, 0.1) is 6.61 Å². The van der Waals surface area contributed by atoms with Crippen LogP contribution >= 0.6 is 23.0 Å². The van der Waals surface area contributed by atoms with Gasteiger partial charge in [-0.1, -0.05) is 0 Å². The molecule has 2 nitrogen and oxygen atoms in total. The number of nitrogens with zero attached hydrogens (tertiary/aromatic N) is 1. The zero-order valence-corrected chi connectivity index (χ0v) is 9.05. The third-order valence-electron chi connectivity index (χ3n) is 2.14. The second-order valence-electron chi connectivity index (χ2n) is 3.07. The van der Waals surface area contributed by atoms with Gasteiger partial charge in [-0.15, -0.1) is 0 Å². The van der Waals surface area contributed by atoms with Gasteiger partial charge in [-0.2, -0.15) is 0 Å². The second-order valence-corrected chi connectivity index (χ2v) is 3.69. The van der Waals surface area contributed by atoms with Crippen LogP contribution in [0.25, 0.3) is 0 Å². The summed E-state index contributed by atoms with van der Waals surface area (Å²) in [6.45, 7) is 4.84. The Labute approximate surface area is 83.0 Å². The minimum absolute atomic E-state index is 0.911. The van der Waals surface area contributed by atoms with Crippen LogP contribution in [0.3, 0.4) is 0 Å². The Morgan fingerprint density at radius 1 is 1.18 bits per heavy atom. The molecule has 0 radical (unpaired) electrons. The molecular weight excluding hydrogens is 253 g/mol. The van der Waals surface area contributed by atoms with E-state index in [-0.39, 0.29) is 0 Å². The number of rotatable bonds is 5. The van der Waals surface area contributed by atoms with Crippen molar-refractivity contribution >= 4 is 23.0 Å². The highest BCUT2D eigenvalue weighted by molar-refractivity contribution is 14.1. The van der Waals surface area contributed by atoms with Crippen LogP contribution in [-0.4, -0.2) is 31.1 Å². The van der Waals surface area contributed by atoms with Crippen LogP contribution in [0, 0.1) is 0 Å². The molecule has 1 rings (SSSR count). The molecule has 0 spiro atoms. The fourth-order valence-corrected chi connectivity index (χ4v) is 1.81. The van der Waals surface area contributed by atoms with Gasteiger partial charge >= 0.3 is 0 Å². The first-order chi connectivity index (χ1) is 5.43. The lowest BCUT2D eigenvalue weighted by molar-refractivity contribution is 0.313. The maximum atomic E-state index is 4.96. The lowest BCUT2D eigenvalue weighted by Crippen LogP contribution is -2.20. The molecule has 0 unspecified atom stereocenters. The smallest absolute Gasteiger partial charge is 0.109 e. The molecule has 0 atom stereocenters. The number of halogens is 1. The van der Waals surface area contributed by atoms with Gasteiger partial charge in [-0.25, -0.2) is 0 Å². The SMILES string of the molecule is IOCCCCN1CCCC1. The number of hydrogen-bond acceptors (Lipinski definition) is 2. The van der Waals surface area contributed by atoms with Crippen LogP contribution in [0.5, 0.6) is 0 Å². The molecule has 0 N–H and O–H groups in total. The molecule has 0 aromatic heterocycles. The summed E-state index contributed by atoms with van der Waals surface area (Å²) in [5.41, 5.74) is 0.